The Morgan fingerprint density at radius 2 is 2.06 bits per heavy atom. The van der Waals surface area contributed by atoms with Crippen molar-refractivity contribution in [3.63, 3.8) is 0 Å². The molecule has 82 valence electrons. The van der Waals surface area contributed by atoms with Gasteiger partial charge in [0.25, 0.3) is 0 Å². The molecule has 3 heteroatoms. The van der Waals surface area contributed by atoms with Crippen LogP contribution in [0.4, 0.5) is 0 Å². The lowest BCUT2D eigenvalue weighted by Crippen LogP contribution is -1.94. The Hall–Kier alpha value is -1.87. The summed E-state index contributed by atoms with van der Waals surface area (Å²) in [4.78, 5) is 0. The predicted molar refractivity (Wildman–Crippen MR) is 66.7 cm³/mol. The number of nitrogens with zero attached hydrogens (tertiary/aromatic N) is 1. The topological polar surface area (TPSA) is 54.7 Å². The first-order chi connectivity index (χ1) is 7.92. The molecule has 0 radical (unpaired) electrons. The molecule has 0 aliphatic heterocycles. The Balaban J connectivity index is 2.26. The first-order valence-corrected chi connectivity index (χ1v) is 5.37. The van der Waals surface area contributed by atoms with E-state index in [1.165, 1.54) is 0 Å². The van der Waals surface area contributed by atoms with Crippen LogP contribution < -0.4 is 5.73 Å². The van der Waals surface area contributed by atoms with Crippen LogP contribution in [0.2, 0.25) is 0 Å². The molecule has 0 amide bonds. The van der Waals surface area contributed by atoms with E-state index >= 15 is 0 Å². The highest BCUT2D eigenvalue weighted by Gasteiger charge is 2.03. The molecular formula is C13H15N3. The average molecular weight is 213 g/mol. The first kappa shape index (κ1) is 10.6. The predicted octanol–water partition coefficient (Wildman–Crippen LogP) is 2.44. The minimum atomic E-state index is 0.676. The van der Waals surface area contributed by atoms with Crippen LogP contribution >= 0.6 is 0 Å². The van der Waals surface area contributed by atoms with Crippen LogP contribution in [0.3, 0.4) is 0 Å². The Morgan fingerprint density at radius 3 is 2.81 bits per heavy atom. The van der Waals surface area contributed by atoms with Gasteiger partial charge >= 0.3 is 0 Å². The van der Waals surface area contributed by atoms with Crippen LogP contribution in [0.15, 0.2) is 42.6 Å². The lowest BCUT2D eigenvalue weighted by Gasteiger charge is -1.98. The largest absolute Gasteiger partial charge is 0.330 e. The summed E-state index contributed by atoms with van der Waals surface area (Å²) in [6, 6.07) is 10.2. The molecule has 0 spiro atoms. The minimum Gasteiger partial charge on any atom is -0.330 e. The van der Waals surface area contributed by atoms with Crippen molar-refractivity contribution >= 4 is 6.08 Å². The number of H-pyrrole nitrogens is 1. The smallest absolute Gasteiger partial charge is 0.0722 e. The van der Waals surface area contributed by atoms with Crippen molar-refractivity contribution in [3.05, 3.63) is 48.2 Å². The zero-order valence-electron chi connectivity index (χ0n) is 9.06. The molecule has 0 saturated carbocycles. The summed E-state index contributed by atoms with van der Waals surface area (Å²) >= 11 is 0. The quantitative estimate of drug-likeness (QED) is 0.819. The highest BCUT2D eigenvalue weighted by atomic mass is 15.1. The van der Waals surface area contributed by atoms with Gasteiger partial charge in [0, 0.05) is 11.1 Å². The molecular weight excluding hydrogens is 198 g/mol. The first-order valence-electron chi connectivity index (χ1n) is 5.37. The van der Waals surface area contributed by atoms with Crippen molar-refractivity contribution in [2.24, 2.45) is 5.73 Å². The van der Waals surface area contributed by atoms with Gasteiger partial charge in [-0.15, -0.1) is 0 Å². The third-order valence-electron chi connectivity index (χ3n) is 2.36. The summed E-state index contributed by atoms with van der Waals surface area (Å²) in [5.41, 5.74) is 8.73. The second-order valence-corrected chi connectivity index (χ2v) is 3.55. The molecule has 3 N–H and O–H groups in total. The number of nitrogens with one attached hydrogen (secondary N) is 1. The Bertz CT molecular complexity index is 457. The summed E-state index contributed by atoms with van der Waals surface area (Å²) in [5, 5.41) is 7.09. The molecule has 0 aliphatic rings. The Kier molecular flexibility index (Phi) is 3.51. The van der Waals surface area contributed by atoms with E-state index in [2.05, 4.69) is 34.5 Å². The summed E-state index contributed by atoms with van der Waals surface area (Å²) in [7, 11) is 0. The number of aromatic nitrogens is 2. The van der Waals surface area contributed by atoms with Gasteiger partial charge in [-0.25, -0.2) is 0 Å². The second kappa shape index (κ2) is 5.28. The molecule has 0 atom stereocenters. The van der Waals surface area contributed by atoms with Gasteiger partial charge in [0.05, 0.1) is 11.9 Å². The molecule has 0 bridgehead atoms. The van der Waals surface area contributed by atoms with Crippen molar-refractivity contribution in [2.45, 2.75) is 6.42 Å². The highest BCUT2D eigenvalue weighted by Crippen LogP contribution is 2.21. The molecule has 1 heterocycles. The number of nitrogens with two attached hydrogens (primary N) is 1. The minimum absolute atomic E-state index is 0.676. The van der Waals surface area contributed by atoms with E-state index in [-0.39, 0.29) is 0 Å². The molecule has 0 saturated heterocycles. The van der Waals surface area contributed by atoms with Gasteiger partial charge in [-0.1, -0.05) is 42.5 Å². The fourth-order valence-corrected chi connectivity index (χ4v) is 1.56. The van der Waals surface area contributed by atoms with Gasteiger partial charge in [-0.3, -0.25) is 5.10 Å². The van der Waals surface area contributed by atoms with Crippen molar-refractivity contribution in [2.75, 3.05) is 6.54 Å². The molecule has 2 aromatic rings. The second-order valence-electron chi connectivity index (χ2n) is 3.55. The van der Waals surface area contributed by atoms with Crippen molar-refractivity contribution in [1.82, 2.24) is 10.2 Å². The van der Waals surface area contributed by atoms with E-state index in [0.29, 0.717) is 6.54 Å². The maximum Gasteiger partial charge on any atom is 0.0722 e. The van der Waals surface area contributed by atoms with Crippen LogP contribution in [0, 0.1) is 0 Å². The third-order valence-corrected chi connectivity index (χ3v) is 2.36. The van der Waals surface area contributed by atoms with Crippen LogP contribution in [0.1, 0.15) is 12.0 Å². The van der Waals surface area contributed by atoms with Crippen molar-refractivity contribution in [3.8, 4) is 11.3 Å². The van der Waals surface area contributed by atoms with Gasteiger partial charge in [0.15, 0.2) is 0 Å². The summed E-state index contributed by atoms with van der Waals surface area (Å²) in [6.45, 7) is 0.676. The molecule has 0 fully saturated rings. The number of benzene rings is 1. The molecule has 0 unspecified atom stereocenters. The maximum absolute atomic E-state index is 5.44. The molecule has 16 heavy (non-hydrogen) atoms. The number of aromatic amines is 1. The van der Waals surface area contributed by atoms with E-state index in [4.69, 9.17) is 5.73 Å². The van der Waals surface area contributed by atoms with E-state index in [1.807, 2.05) is 24.4 Å². The highest BCUT2D eigenvalue weighted by molar-refractivity contribution is 5.71. The maximum atomic E-state index is 5.44. The zero-order valence-corrected chi connectivity index (χ0v) is 9.06. The van der Waals surface area contributed by atoms with E-state index in [0.717, 1.165) is 23.2 Å². The van der Waals surface area contributed by atoms with Gasteiger partial charge < -0.3 is 5.73 Å². The summed E-state index contributed by atoms with van der Waals surface area (Å²) in [6.07, 6.45) is 6.84. The van der Waals surface area contributed by atoms with Gasteiger partial charge in [0.2, 0.25) is 0 Å². The SMILES string of the molecule is NCCC=Cc1cn[nH]c1-c1ccccc1. The van der Waals surface area contributed by atoms with Gasteiger partial charge in [-0.05, 0) is 13.0 Å². The van der Waals surface area contributed by atoms with E-state index in [9.17, 15) is 0 Å². The molecule has 2 rings (SSSR count). The zero-order chi connectivity index (χ0) is 11.2. The number of hydrogen-bond acceptors (Lipinski definition) is 2. The Labute approximate surface area is 95.0 Å². The van der Waals surface area contributed by atoms with E-state index in [1.54, 1.807) is 0 Å². The third kappa shape index (κ3) is 2.38. The Morgan fingerprint density at radius 1 is 1.25 bits per heavy atom. The van der Waals surface area contributed by atoms with Crippen LogP contribution in [-0.2, 0) is 0 Å². The number of hydrogen-bond donors (Lipinski definition) is 2. The normalized spacial score (nSPS) is 11.1. The molecule has 1 aromatic carbocycles. The number of rotatable bonds is 4. The molecule has 1 aromatic heterocycles. The van der Waals surface area contributed by atoms with Gasteiger partial charge in [-0.2, -0.15) is 5.10 Å². The lowest BCUT2D eigenvalue weighted by molar-refractivity contribution is 1.01. The lowest BCUT2D eigenvalue weighted by atomic mass is 10.1. The van der Waals surface area contributed by atoms with Crippen molar-refractivity contribution < 1.29 is 0 Å². The molecule has 3 nitrogen and oxygen atoms in total. The average Bonchev–Trinajstić information content (AvgIpc) is 2.79. The fourth-order valence-electron chi connectivity index (χ4n) is 1.56. The van der Waals surface area contributed by atoms with Crippen LogP contribution in [0.25, 0.3) is 17.3 Å². The van der Waals surface area contributed by atoms with Crippen LogP contribution in [0.5, 0.6) is 0 Å². The summed E-state index contributed by atoms with van der Waals surface area (Å²) in [5.74, 6) is 0. The fraction of sp³-hybridized carbons (Fsp3) is 0.154. The van der Waals surface area contributed by atoms with E-state index < -0.39 is 0 Å². The monoisotopic (exact) mass is 213 g/mol. The van der Waals surface area contributed by atoms with Crippen molar-refractivity contribution in [1.29, 1.82) is 0 Å². The molecule has 0 aliphatic carbocycles. The standard InChI is InChI=1S/C13H15N3/c14-9-5-4-8-12-10-15-16-13(12)11-6-2-1-3-7-11/h1-4,6-8,10H,5,9,14H2,(H,15,16). The van der Waals surface area contributed by atoms with Gasteiger partial charge in [0.1, 0.15) is 0 Å². The van der Waals surface area contributed by atoms with Crippen LogP contribution in [-0.4, -0.2) is 16.7 Å². The summed E-state index contributed by atoms with van der Waals surface area (Å²) < 4.78 is 0.